The first-order valence-corrected chi connectivity index (χ1v) is 6.00. The molecule has 0 aliphatic rings. The largest absolute Gasteiger partial charge is 0.397 e. The number of halogens is 3. The fourth-order valence-corrected chi connectivity index (χ4v) is 1.52. The first-order chi connectivity index (χ1) is 9.94. The van der Waals surface area contributed by atoms with Gasteiger partial charge in [0.1, 0.15) is 6.42 Å². The van der Waals surface area contributed by atoms with Gasteiger partial charge in [-0.2, -0.15) is 18.2 Å². The van der Waals surface area contributed by atoms with Crippen molar-refractivity contribution in [1.82, 2.24) is 20.4 Å². The number of rotatable bonds is 5. The molecular formula is C12H11F3N4O2. The second-order valence-corrected chi connectivity index (χ2v) is 4.15. The monoisotopic (exact) mass is 300 g/mol. The Morgan fingerprint density at radius 2 is 2.19 bits per heavy atom. The summed E-state index contributed by atoms with van der Waals surface area (Å²) < 4.78 is 40.8. The van der Waals surface area contributed by atoms with Crippen molar-refractivity contribution < 1.29 is 22.5 Å². The Bertz CT molecular complexity index is 598. The minimum atomic E-state index is -4.51. The van der Waals surface area contributed by atoms with Crippen LogP contribution >= 0.6 is 0 Å². The van der Waals surface area contributed by atoms with E-state index in [0.717, 1.165) is 0 Å². The molecule has 0 unspecified atom stereocenters. The molecule has 1 N–H and O–H groups in total. The lowest BCUT2D eigenvalue weighted by atomic mass is 10.3. The Kier molecular flexibility index (Phi) is 4.51. The molecule has 9 heteroatoms. The molecule has 0 saturated carbocycles. The zero-order valence-corrected chi connectivity index (χ0v) is 10.7. The number of carbonyl (C=O) groups is 1. The lowest BCUT2D eigenvalue weighted by molar-refractivity contribution is -0.153. The van der Waals surface area contributed by atoms with E-state index in [1.54, 1.807) is 24.5 Å². The van der Waals surface area contributed by atoms with Gasteiger partial charge in [0.25, 0.3) is 5.89 Å². The van der Waals surface area contributed by atoms with Crippen molar-refractivity contribution in [3.8, 4) is 11.5 Å². The van der Waals surface area contributed by atoms with Gasteiger partial charge >= 0.3 is 6.18 Å². The number of carbonyl (C=O) groups excluding carboxylic acids is 1. The normalized spacial score (nSPS) is 11.4. The van der Waals surface area contributed by atoms with Crippen LogP contribution in [-0.4, -0.2) is 33.8 Å². The maximum Gasteiger partial charge on any atom is 0.397 e. The van der Waals surface area contributed by atoms with E-state index in [9.17, 15) is 18.0 Å². The highest BCUT2D eigenvalue weighted by Gasteiger charge is 2.30. The molecule has 1 amide bonds. The van der Waals surface area contributed by atoms with E-state index in [0.29, 0.717) is 11.4 Å². The minimum absolute atomic E-state index is 0.000919. The van der Waals surface area contributed by atoms with E-state index in [2.05, 4.69) is 20.4 Å². The van der Waals surface area contributed by atoms with Crippen molar-refractivity contribution in [2.75, 3.05) is 6.54 Å². The predicted molar refractivity (Wildman–Crippen MR) is 64.9 cm³/mol. The maximum atomic E-state index is 11.9. The maximum absolute atomic E-state index is 11.9. The van der Waals surface area contributed by atoms with Gasteiger partial charge < -0.3 is 9.84 Å². The molecule has 2 heterocycles. The number of aromatic nitrogens is 3. The van der Waals surface area contributed by atoms with Gasteiger partial charge in [-0.15, -0.1) is 0 Å². The average Bonchev–Trinajstić information content (AvgIpc) is 2.86. The van der Waals surface area contributed by atoms with Gasteiger partial charge in [-0.25, -0.2) is 0 Å². The summed E-state index contributed by atoms with van der Waals surface area (Å²) in [7, 11) is 0. The van der Waals surface area contributed by atoms with Gasteiger partial charge in [-0.05, 0) is 12.1 Å². The summed E-state index contributed by atoms with van der Waals surface area (Å²) in [5.41, 5.74) is 0.636. The zero-order chi connectivity index (χ0) is 15.3. The van der Waals surface area contributed by atoms with Gasteiger partial charge in [0.15, 0.2) is 5.82 Å². The Balaban J connectivity index is 1.83. The van der Waals surface area contributed by atoms with Crippen LogP contribution in [0.5, 0.6) is 0 Å². The van der Waals surface area contributed by atoms with Crippen molar-refractivity contribution in [3.05, 3.63) is 30.4 Å². The molecule has 0 spiro atoms. The molecule has 2 rings (SSSR count). The second kappa shape index (κ2) is 6.33. The minimum Gasteiger partial charge on any atom is -0.355 e. The van der Waals surface area contributed by atoms with Gasteiger partial charge in [0.2, 0.25) is 5.91 Å². The third kappa shape index (κ3) is 4.86. The molecule has 0 aliphatic carbocycles. The number of pyridine rings is 1. The van der Waals surface area contributed by atoms with Gasteiger partial charge in [-0.3, -0.25) is 9.78 Å². The molecule has 2 aromatic rings. The number of hydrogen-bond donors (Lipinski definition) is 1. The molecule has 6 nitrogen and oxygen atoms in total. The first kappa shape index (κ1) is 14.9. The fraction of sp³-hybridized carbons (Fsp3) is 0.333. The van der Waals surface area contributed by atoms with Crippen LogP contribution in [0.2, 0.25) is 0 Å². The van der Waals surface area contributed by atoms with E-state index < -0.39 is 18.5 Å². The van der Waals surface area contributed by atoms with Crippen LogP contribution in [-0.2, 0) is 11.2 Å². The van der Waals surface area contributed by atoms with Gasteiger partial charge in [0, 0.05) is 25.4 Å². The SMILES string of the molecule is O=C(CC(F)(F)F)NCCc1noc(-c2cccnc2)n1. The average molecular weight is 300 g/mol. The Hall–Kier alpha value is -2.45. The van der Waals surface area contributed by atoms with E-state index in [-0.39, 0.29) is 18.9 Å². The molecule has 0 bridgehead atoms. The third-order valence-electron chi connectivity index (χ3n) is 2.41. The smallest absolute Gasteiger partial charge is 0.355 e. The molecule has 0 aliphatic heterocycles. The number of alkyl halides is 3. The fourth-order valence-electron chi connectivity index (χ4n) is 1.52. The molecule has 112 valence electrons. The Morgan fingerprint density at radius 1 is 1.38 bits per heavy atom. The summed E-state index contributed by atoms with van der Waals surface area (Å²) in [6, 6.07) is 3.44. The molecule has 0 aromatic carbocycles. The predicted octanol–water partition coefficient (Wildman–Crippen LogP) is 1.74. The summed E-state index contributed by atoms with van der Waals surface area (Å²) >= 11 is 0. The summed E-state index contributed by atoms with van der Waals surface area (Å²) in [6.07, 6.45) is -2.70. The standard InChI is InChI=1S/C12H11F3N4O2/c13-12(14,15)6-10(20)17-5-3-9-18-11(21-19-9)8-2-1-4-16-7-8/h1-2,4,7H,3,5-6H2,(H,17,20). The van der Waals surface area contributed by atoms with Crippen molar-refractivity contribution in [2.24, 2.45) is 0 Å². The molecule has 21 heavy (non-hydrogen) atoms. The lowest BCUT2D eigenvalue weighted by Crippen LogP contribution is -2.30. The van der Waals surface area contributed by atoms with E-state index in [4.69, 9.17) is 4.52 Å². The lowest BCUT2D eigenvalue weighted by Gasteiger charge is -2.06. The topological polar surface area (TPSA) is 80.9 Å². The number of nitrogens with one attached hydrogen (secondary N) is 1. The molecule has 0 atom stereocenters. The number of hydrogen-bond acceptors (Lipinski definition) is 5. The number of nitrogens with zero attached hydrogens (tertiary/aromatic N) is 3. The van der Waals surface area contributed by atoms with Crippen LogP contribution in [0.15, 0.2) is 29.0 Å². The molecule has 0 radical (unpaired) electrons. The summed E-state index contributed by atoms with van der Waals surface area (Å²) in [5, 5.41) is 5.82. The summed E-state index contributed by atoms with van der Waals surface area (Å²) in [4.78, 5) is 18.9. The van der Waals surface area contributed by atoms with E-state index >= 15 is 0 Å². The van der Waals surface area contributed by atoms with E-state index in [1.165, 1.54) is 0 Å². The highest BCUT2D eigenvalue weighted by atomic mass is 19.4. The zero-order valence-electron chi connectivity index (χ0n) is 10.7. The van der Waals surface area contributed by atoms with Crippen LogP contribution in [0.1, 0.15) is 12.2 Å². The Labute approximate surface area is 117 Å². The third-order valence-corrected chi connectivity index (χ3v) is 2.41. The Morgan fingerprint density at radius 3 is 2.86 bits per heavy atom. The first-order valence-electron chi connectivity index (χ1n) is 6.00. The van der Waals surface area contributed by atoms with Gasteiger partial charge in [0.05, 0.1) is 5.56 Å². The summed E-state index contributed by atoms with van der Waals surface area (Å²) in [6.45, 7) is 0.000919. The second-order valence-electron chi connectivity index (χ2n) is 4.15. The summed E-state index contributed by atoms with van der Waals surface area (Å²) in [5.74, 6) is -0.528. The quantitative estimate of drug-likeness (QED) is 0.909. The number of amides is 1. The van der Waals surface area contributed by atoms with Crippen molar-refractivity contribution in [1.29, 1.82) is 0 Å². The van der Waals surface area contributed by atoms with Crippen LogP contribution in [0.25, 0.3) is 11.5 Å². The highest BCUT2D eigenvalue weighted by molar-refractivity contribution is 5.76. The van der Waals surface area contributed by atoms with E-state index in [1.807, 2.05) is 0 Å². The van der Waals surface area contributed by atoms with Crippen molar-refractivity contribution in [2.45, 2.75) is 19.0 Å². The molecular weight excluding hydrogens is 289 g/mol. The molecule has 0 saturated heterocycles. The molecule has 2 aromatic heterocycles. The van der Waals surface area contributed by atoms with Crippen LogP contribution < -0.4 is 5.32 Å². The van der Waals surface area contributed by atoms with Crippen LogP contribution in [0.4, 0.5) is 13.2 Å². The highest BCUT2D eigenvalue weighted by Crippen LogP contribution is 2.19. The van der Waals surface area contributed by atoms with Gasteiger partial charge in [-0.1, -0.05) is 5.16 Å². The van der Waals surface area contributed by atoms with Crippen LogP contribution in [0, 0.1) is 0 Å². The molecule has 0 fully saturated rings. The van der Waals surface area contributed by atoms with Crippen molar-refractivity contribution in [3.63, 3.8) is 0 Å². The van der Waals surface area contributed by atoms with Crippen molar-refractivity contribution >= 4 is 5.91 Å². The van der Waals surface area contributed by atoms with Crippen LogP contribution in [0.3, 0.4) is 0 Å².